The van der Waals surface area contributed by atoms with Gasteiger partial charge in [-0.15, -0.1) is 0 Å². The molecule has 0 saturated heterocycles. The van der Waals surface area contributed by atoms with E-state index in [1.165, 1.54) is 77.0 Å². The van der Waals surface area contributed by atoms with Crippen molar-refractivity contribution >= 4 is 6.29 Å². The van der Waals surface area contributed by atoms with Crippen LogP contribution in [0.5, 0.6) is 0 Å². The van der Waals surface area contributed by atoms with E-state index in [1.807, 2.05) is 0 Å². The maximum Gasteiger partial charge on any atom is 0.120 e. The first-order chi connectivity index (χ1) is 14.8. The molecule has 1 nitrogen and oxygen atoms in total. The van der Waals surface area contributed by atoms with Crippen molar-refractivity contribution in [1.82, 2.24) is 0 Å². The molecule has 0 amide bonds. The Morgan fingerprint density at radius 1 is 0.871 bits per heavy atom. The predicted molar refractivity (Wildman–Crippen MR) is 132 cm³/mol. The van der Waals surface area contributed by atoms with Gasteiger partial charge in [0.25, 0.3) is 0 Å². The lowest BCUT2D eigenvalue weighted by molar-refractivity contribution is -0.122. The highest BCUT2D eigenvalue weighted by Gasteiger charge is 2.60. The Bertz CT molecular complexity index is 610. The van der Waals surface area contributed by atoms with Gasteiger partial charge in [0.15, 0.2) is 0 Å². The summed E-state index contributed by atoms with van der Waals surface area (Å²) in [6.45, 7) is 12.8. The Kier molecular flexibility index (Phi) is 7.30. The summed E-state index contributed by atoms with van der Waals surface area (Å²) in [5.74, 6) is 7.55. The minimum atomic E-state index is 0.600. The second-order valence-corrected chi connectivity index (χ2v) is 13.6. The van der Waals surface area contributed by atoms with E-state index in [1.54, 1.807) is 0 Å². The molecule has 0 bridgehead atoms. The van der Waals surface area contributed by atoms with Crippen LogP contribution in [-0.2, 0) is 4.79 Å². The third-order valence-electron chi connectivity index (χ3n) is 11.7. The first-order valence-corrected chi connectivity index (χ1v) is 14.2. The minimum absolute atomic E-state index is 0.600. The number of fused-ring (bicyclic) bond motifs is 5. The van der Waals surface area contributed by atoms with E-state index >= 15 is 0 Å². The van der Waals surface area contributed by atoms with Crippen molar-refractivity contribution in [2.45, 2.75) is 125 Å². The van der Waals surface area contributed by atoms with Crippen LogP contribution in [-0.4, -0.2) is 6.29 Å². The van der Waals surface area contributed by atoms with E-state index in [0.717, 1.165) is 66.5 Å². The quantitative estimate of drug-likeness (QED) is 0.353. The summed E-state index contributed by atoms with van der Waals surface area (Å²) >= 11 is 0. The van der Waals surface area contributed by atoms with Gasteiger partial charge < -0.3 is 4.79 Å². The van der Waals surface area contributed by atoms with E-state index in [9.17, 15) is 4.79 Å². The van der Waals surface area contributed by atoms with Gasteiger partial charge in [-0.25, -0.2) is 0 Å². The molecule has 4 aliphatic rings. The average molecular weight is 429 g/mol. The molecule has 0 aromatic carbocycles. The number of carbonyl (C=O) groups is 1. The highest BCUT2D eigenvalue weighted by molar-refractivity contribution is 5.49. The van der Waals surface area contributed by atoms with Crippen LogP contribution in [0.15, 0.2) is 0 Å². The molecule has 9 atom stereocenters. The van der Waals surface area contributed by atoms with E-state index < -0.39 is 0 Å². The van der Waals surface area contributed by atoms with Crippen LogP contribution in [0.3, 0.4) is 0 Å². The Balaban J connectivity index is 1.42. The van der Waals surface area contributed by atoms with Crippen LogP contribution in [0.4, 0.5) is 0 Å². The predicted octanol–water partition coefficient (Wildman–Crippen LogP) is 8.70. The number of hydrogen-bond acceptors (Lipinski definition) is 1. The third-order valence-corrected chi connectivity index (χ3v) is 11.7. The number of aldehydes is 1. The lowest BCUT2D eigenvalue weighted by Gasteiger charge is -2.61. The van der Waals surface area contributed by atoms with E-state index in [0.29, 0.717) is 10.8 Å². The van der Waals surface area contributed by atoms with Crippen LogP contribution < -0.4 is 0 Å². The van der Waals surface area contributed by atoms with Crippen molar-refractivity contribution in [3.63, 3.8) is 0 Å². The summed E-state index contributed by atoms with van der Waals surface area (Å²) in [5.41, 5.74) is 1.23. The maximum absolute atomic E-state index is 10.9. The standard InChI is InChI=1S/C30H52O/c1-21(2)8-6-9-22(3)26-13-14-27-25-12-11-24-20-23(10-7-19-31)15-17-29(24,4)28(25)16-18-30(26,27)5/h19,21-28H,6-18,20H2,1-5H3/t22-,23+,24?,25+,26-,27+,28+,29+,30-/m1/s1. The molecule has 4 saturated carbocycles. The van der Waals surface area contributed by atoms with Gasteiger partial charge in [-0.05, 0) is 122 Å². The van der Waals surface area contributed by atoms with Gasteiger partial charge in [-0.3, -0.25) is 0 Å². The SMILES string of the molecule is CC(C)CCC[C@@H](C)[C@H]1CC[C@H]2[C@@H]3CCC4C[C@@H](CCC=O)CC[C@]4(C)[C@H]3CC[C@]12C. The van der Waals surface area contributed by atoms with Crippen LogP contribution >= 0.6 is 0 Å². The highest BCUT2D eigenvalue weighted by Crippen LogP contribution is 2.68. The molecule has 0 aromatic heterocycles. The highest BCUT2D eigenvalue weighted by atomic mass is 16.1. The maximum atomic E-state index is 10.9. The second-order valence-electron chi connectivity index (χ2n) is 13.6. The molecule has 1 unspecified atom stereocenters. The fraction of sp³-hybridized carbons (Fsp3) is 0.967. The molecule has 0 spiro atoms. The number of hydrogen-bond donors (Lipinski definition) is 0. The summed E-state index contributed by atoms with van der Waals surface area (Å²) < 4.78 is 0. The summed E-state index contributed by atoms with van der Waals surface area (Å²) in [6.07, 6.45) is 20.7. The molecule has 0 N–H and O–H groups in total. The van der Waals surface area contributed by atoms with Gasteiger partial charge in [-0.2, -0.15) is 0 Å². The smallest absolute Gasteiger partial charge is 0.120 e. The lowest BCUT2D eigenvalue weighted by Crippen LogP contribution is -2.53. The summed E-state index contributed by atoms with van der Waals surface area (Å²) in [6, 6.07) is 0. The molecule has 4 fully saturated rings. The molecule has 0 radical (unpaired) electrons. The summed E-state index contributed by atoms with van der Waals surface area (Å²) in [5, 5.41) is 0. The normalized spacial score (nSPS) is 45.6. The first-order valence-electron chi connectivity index (χ1n) is 14.2. The molecule has 0 aromatic rings. The van der Waals surface area contributed by atoms with Crippen LogP contribution in [0, 0.1) is 58.2 Å². The molecule has 0 aliphatic heterocycles. The zero-order valence-corrected chi connectivity index (χ0v) is 21.5. The molecule has 31 heavy (non-hydrogen) atoms. The van der Waals surface area contributed by atoms with E-state index in [4.69, 9.17) is 0 Å². The fourth-order valence-corrected chi connectivity index (χ4v) is 9.94. The van der Waals surface area contributed by atoms with Crippen LogP contribution in [0.25, 0.3) is 0 Å². The number of rotatable bonds is 8. The second kappa shape index (κ2) is 9.50. The zero-order valence-electron chi connectivity index (χ0n) is 21.5. The molecular weight excluding hydrogens is 376 g/mol. The Hall–Kier alpha value is -0.330. The molecule has 1 heteroatoms. The van der Waals surface area contributed by atoms with Crippen LogP contribution in [0.2, 0.25) is 0 Å². The van der Waals surface area contributed by atoms with Gasteiger partial charge in [0.05, 0.1) is 0 Å². The monoisotopic (exact) mass is 428 g/mol. The van der Waals surface area contributed by atoms with Crippen molar-refractivity contribution in [2.24, 2.45) is 58.2 Å². The molecule has 4 rings (SSSR count). The number of carbonyl (C=O) groups excluding carboxylic acids is 1. The van der Waals surface area contributed by atoms with Gasteiger partial charge in [0.2, 0.25) is 0 Å². The topological polar surface area (TPSA) is 17.1 Å². The molecule has 0 heterocycles. The minimum Gasteiger partial charge on any atom is -0.303 e. The van der Waals surface area contributed by atoms with Crippen molar-refractivity contribution in [3.05, 3.63) is 0 Å². The molecule has 4 aliphatic carbocycles. The third kappa shape index (κ3) is 4.42. The first kappa shape index (κ1) is 23.8. The van der Waals surface area contributed by atoms with E-state index in [2.05, 4.69) is 34.6 Å². The Morgan fingerprint density at radius 3 is 2.35 bits per heavy atom. The molecule has 178 valence electrons. The van der Waals surface area contributed by atoms with E-state index in [-0.39, 0.29) is 0 Å². The van der Waals surface area contributed by atoms with Gasteiger partial charge in [-0.1, -0.05) is 53.9 Å². The largest absolute Gasteiger partial charge is 0.303 e. The fourth-order valence-electron chi connectivity index (χ4n) is 9.94. The van der Waals surface area contributed by atoms with Crippen molar-refractivity contribution in [1.29, 1.82) is 0 Å². The average Bonchev–Trinajstić information content (AvgIpc) is 3.09. The van der Waals surface area contributed by atoms with Crippen molar-refractivity contribution in [2.75, 3.05) is 0 Å². The zero-order chi connectivity index (χ0) is 22.2. The molecular formula is C30H52O. The van der Waals surface area contributed by atoms with Gasteiger partial charge >= 0.3 is 0 Å². The Labute approximate surface area is 193 Å². The van der Waals surface area contributed by atoms with Gasteiger partial charge in [0, 0.05) is 6.42 Å². The van der Waals surface area contributed by atoms with Gasteiger partial charge in [0.1, 0.15) is 6.29 Å². The Morgan fingerprint density at radius 2 is 1.61 bits per heavy atom. The van der Waals surface area contributed by atoms with Crippen molar-refractivity contribution in [3.8, 4) is 0 Å². The van der Waals surface area contributed by atoms with Crippen molar-refractivity contribution < 1.29 is 4.79 Å². The van der Waals surface area contributed by atoms with Crippen LogP contribution in [0.1, 0.15) is 125 Å². The summed E-state index contributed by atoms with van der Waals surface area (Å²) in [7, 11) is 0. The lowest BCUT2D eigenvalue weighted by atomic mass is 9.44. The summed E-state index contributed by atoms with van der Waals surface area (Å²) in [4.78, 5) is 10.9.